The van der Waals surface area contributed by atoms with Gasteiger partial charge in [0.15, 0.2) is 0 Å². The molecule has 1 aromatic heterocycles. The Morgan fingerprint density at radius 1 is 0.917 bits per heavy atom. The summed E-state index contributed by atoms with van der Waals surface area (Å²) in [4.78, 5) is 12.5. The Hall–Kier alpha value is -0.290. The van der Waals surface area contributed by atoms with Crippen molar-refractivity contribution in [1.29, 1.82) is 0 Å². The fourth-order valence-electron chi connectivity index (χ4n) is 0.821. The summed E-state index contributed by atoms with van der Waals surface area (Å²) in [6.07, 6.45) is 0.823. The molecular weight excluding hydrogens is 190 g/mol. The highest BCUT2D eigenvalue weighted by atomic mass is 32.1. The molecule has 1 heterocycles. The standard InChI is InChI=1S/C7H11N3S2/c1-2-5-8-6(3-11)10-7(4-12)9-5/h11-12H,2-4H2,1H3. The molecule has 0 aliphatic carbocycles. The van der Waals surface area contributed by atoms with Crippen LogP contribution in [0.15, 0.2) is 0 Å². The molecular formula is C7H11N3S2. The molecule has 0 amide bonds. The lowest BCUT2D eigenvalue weighted by Gasteiger charge is -2.01. The molecule has 0 fully saturated rings. The smallest absolute Gasteiger partial charge is 0.142 e. The quantitative estimate of drug-likeness (QED) is 0.724. The van der Waals surface area contributed by atoms with Crippen LogP contribution >= 0.6 is 25.3 Å². The Morgan fingerprint density at radius 3 is 1.67 bits per heavy atom. The highest BCUT2D eigenvalue weighted by Gasteiger charge is 2.01. The van der Waals surface area contributed by atoms with Gasteiger partial charge in [-0.3, -0.25) is 0 Å². The van der Waals surface area contributed by atoms with Crippen molar-refractivity contribution in [2.75, 3.05) is 0 Å². The van der Waals surface area contributed by atoms with Crippen molar-refractivity contribution in [2.24, 2.45) is 0 Å². The zero-order valence-electron chi connectivity index (χ0n) is 6.86. The van der Waals surface area contributed by atoms with Crippen molar-refractivity contribution in [2.45, 2.75) is 24.9 Å². The van der Waals surface area contributed by atoms with Crippen molar-refractivity contribution in [3.05, 3.63) is 17.5 Å². The van der Waals surface area contributed by atoms with E-state index >= 15 is 0 Å². The highest BCUT2D eigenvalue weighted by Crippen LogP contribution is 2.01. The second kappa shape index (κ2) is 4.67. The average Bonchev–Trinajstić information content (AvgIpc) is 2.16. The summed E-state index contributed by atoms with van der Waals surface area (Å²) in [6, 6.07) is 0. The van der Waals surface area contributed by atoms with Crippen LogP contribution in [-0.2, 0) is 17.9 Å². The number of hydrogen-bond donors (Lipinski definition) is 2. The molecule has 1 aromatic rings. The molecule has 0 spiro atoms. The molecule has 0 saturated heterocycles. The minimum absolute atomic E-state index is 0.552. The normalized spacial score (nSPS) is 10.2. The highest BCUT2D eigenvalue weighted by molar-refractivity contribution is 7.79. The van der Waals surface area contributed by atoms with Crippen LogP contribution in [0.3, 0.4) is 0 Å². The first-order valence-corrected chi connectivity index (χ1v) is 5.01. The van der Waals surface area contributed by atoms with E-state index in [-0.39, 0.29) is 0 Å². The van der Waals surface area contributed by atoms with E-state index < -0.39 is 0 Å². The Balaban J connectivity index is 3.01. The fraction of sp³-hybridized carbons (Fsp3) is 0.571. The van der Waals surface area contributed by atoms with Crippen LogP contribution in [0.25, 0.3) is 0 Å². The number of rotatable bonds is 3. The van der Waals surface area contributed by atoms with Crippen LogP contribution in [-0.4, -0.2) is 15.0 Å². The predicted octanol–water partition coefficient (Wildman–Crippen LogP) is 1.29. The van der Waals surface area contributed by atoms with Gasteiger partial charge in [0.25, 0.3) is 0 Å². The maximum absolute atomic E-state index is 4.19. The SMILES string of the molecule is CCc1nc(CS)nc(CS)n1. The maximum atomic E-state index is 4.19. The minimum Gasteiger partial charge on any atom is -0.217 e. The molecule has 0 atom stereocenters. The van der Waals surface area contributed by atoms with Crippen molar-refractivity contribution >= 4 is 25.3 Å². The van der Waals surface area contributed by atoms with Gasteiger partial charge < -0.3 is 0 Å². The first kappa shape index (κ1) is 9.80. The van der Waals surface area contributed by atoms with E-state index in [4.69, 9.17) is 0 Å². The van der Waals surface area contributed by atoms with Gasteiger partial charge in [0.1, 0.15) is 17.5 Å². The molecule has 12 heavy (non-hydrogen) atoms. The monoisotopic (exact) mass is 201 g/mol. The van der Waals surface area contributed by atoms with Gasteiger partial charge in [-0.15, -0.1) is 0 Å². The molecule has 5 heteroatoms. The van der Waals surface area contributed by atoms with E-state index in [9.17, 15) is 0 Å². The second-order valence-corrected chi connectivity index (χ2v) is 2.89. The van der Waals surface area contributed by atoms with Gasteiger partial charge in [0.2, 0.25) is 0 Å². The van der Waals surface area contributed by atoms with E-state index in [1.807, 2.05) is 6.92 Å². The molecule has 66 valence electrons. The molecule has 0 bridgehead atoms. The van der Waals surface area contributed by atoms with E-state index in [2.05, 4.69) is 40.2 Å². The fourth-order valence-corrected chi connectivity index (χ4v) is 1.10. The summed E-state index contributed by atoms with van der Waals surface area (Å²) >= 11 is 8.21. The molecule has 0 saturated carbocycles. The Kier molecular flexibility index (Phi) is 3.81. The van der Waals surface area contributed by atoms with Crippen molar-refractivity contribution < 1.29 is 0 Å². The zero-order chi connectivity index (χ0) is 8.97. The van der Waals surface area contributed by atoms with Gasteiger partial charge >= 0.3 is 0 Å². The molecule has 0 aliphatic rings. The lowest BCUT2D eigenvalue weighted by molar-refractivity contribution is 0.821. The number of thiol groups is 2. The van der Waals surface area contributed by atoms with Crippen LogP contribution in [0.2, 0.25) is 0 Å². The molecule has 0 aromatic carbocycles. The number of nitrogens with zero attached hydrogens (tertiary/aromatic N) is 3. The van der Waals surface area contributed by atoms with E-state index in [0.717, 1.165) is 23.9 Å². The summed E-state index contributed by atoms with van der Waals surface area (Å²) in [6.45, 7) is 2.01. The van der Waals surface area contributed by atoms with Crippen molar-refractivity contribution in [3.63, 3.8) is 0 Å². The van der Waals surface area contributed by atoms with Crippen molar-refractivity contribution in [1.82, 2.24) is 15.0 Å². The molecule has 1 rings (SSSR count). The summed E-state index contributed by atoms with van der Waals surface area (Å²) in [5.74, 6) is 3.38. The summed E-state index contributed by atoms with van der Waals surface area (Å²) < 4.78 is 0. The number of hydrogen-bond acceptors (Lipinski definition) is 5. The average molecular weight is 201 g/mol. The van der Waals surface area contributed by atoms with Crippen LogP contribution in [0, 0.1) is 0 Å². The Morgan fingerprint density at radius 2 is 1.33 bits per heavy atom. The van der Waals surface area contributed by atoms with Gasteiger partial charge in [-0.1, -0.05) is 6.92 Å². The van der Waals surface area contributed by atoms with Crippen LogP contribution in [0.4, 0.5) is 0 Å². The molecule has 0 aliphatic heterocycles. The van der Waals surface area contributed by atoms with Gasteiger partial charge in [-0.05, 0) is 0 Å². The Labute approximate surface area is 82.9 Å². The van der Waals surface area contributed by atoms with E-state index in [1.54, 1.807) is 0 Å². The maximum Gasteiger partial charge on any atom is 0.142 e. The minimum atomic E-state index is 0.552. The van der Waals surface area contributed by atoms with Crippen LogP contribution in [0.5, 0.6) is 0 Å². The summed E-state index contributed by atoms with van der Waals surface area (Å²) in [5, 5.41) is 0. The third-order valence-corrected chi connectivity index (χ3v) is 1.94. The Bertz CT molecular complexity index is 210. The lowest BCUT2D eigenvalue weighted by Crippen LogP contribution is -2.04. The zero-order valence-corrected chi connectivity index (χ0v) is 8.65. The van der Waals surface area contributed by atoms with Gasteiger partial charge in [0.05, 0.1) is 11.5 Å². The molecule has 0 radical (unpaired) electrons. The number of aryl methyl sites for hydroxylation is 1. The second-order valence-electron chi connectivity index (χ2n) is 2.25. The van der Waals surface area contributed by atoms with Crippen LogP contribution < -0.4 is 0 Å². The largest absolute Gasteiger partial charge is 0.217 e. The van der Waals surface area contributed by atoms with Gasteiger partial charge in [-0.25, -0.2) is 15.0 Å². The van der Waals surface area contributed by atoms with Crippen LogP contribution in [0.1, 0.15) is 24.4 Å². The van der Waals surface area contributed by atoms with Gasteiger partial charge in [-0.2, -0.15) is 25.3 Å². The molecule has 0 N–H and O–H groups in total. The van der Waals surface area contributed by atoms with Crippen molar-refractivity contribution in [3.8, 4) is 0 Å². The van der Waals surface area contributed by atoms with Gasteiger partial charge in [0, 0.05) is 6.42 Å². The first-order chi connectivity index (χ1) is 5.80. The van der Waals surface area contributed by atoms with E-state index in [1.165, 1.54) is 0 Å². The first-order valence-electron chi connectivity index (χ1n) is 3.74. The third-order valence-electron chi connectivity index (χ3n) is 1.37. The summed E-state index contributed by atoms with van der Waals surface area (Å²) in [5.41, 5.74) is 0. The van der Waals surface area contributed by atoms with E-state index in [0.29, 0.717) is 11.5 Å². The third kappa shape index (κ3) is 2.35. The summed E-state index contributed by atoms with van der Waals surface area (Å²) in [7, 11) is 0. The predicted molar refractivity (Wildman–Crippen MR) is 54.6 cm³/mol. The molecule has 3 nitrogen and oxygen atoms in total. The topological polar surface area (TPSA) is 38.7 Å². The molecule has 0 unspecified atom stereocenters. The lowest BCUT2D eigenvalue weighted by atomic mass is 10.4. The number of aromatic nitrogens is 3.